The molecule has 2 heterocycles. The van der Waals surface area contributed by atoms with E-state index in [-0.39, 0.29) is 10.8 Å². The summed E-state index contributed by atoms with van der Waals surface area (Å²) in [6, 6.07) is 8.49. The lowest BCUT2D eigenvalue weighted by Gasteiger charge is -2.29. The minimum Gasteiger partial charge on any atom is -0.356 e. The lowest BCUT2D eigenvalue weighted by molar-refractivity contribution is 0.102. The van der Waals surface area contributed by atoms with Crippen molar-refractivity contribution in [2.45, 2.75) is 44.9 Å². The van der Waals surface area contributed by atoms with Crippen LogP contribution < -0.4 is 10.2 Å². The number of sulfonamides is 1. The number of benzene rings is 1. The molecule has 1 amide bonds. The lowest BCUT2D eigenvalue weighted by atomic mass is 10.1. The number of carbonyl (C=O) groups is 1. The van der Waals surface area contributed by atoms with Gasteiger partial charge in [0.05, 0.1) is 10.5 Å². The summed E-state index contributed by atoms with van der Waals surface area (Å²) in [5.74, 6) is 0.386. The number of carbonyl (C=O) groups excluding carboxylic acids is 1. The molecule has 0 aliphatic carbocycles. The molecule has 0 unspecified atom stereocenters. The van der Waals surface area contributed by atoms with Gasteiger partial charge >= 0.3 is 0 Å². The molecule has 0 bridgehead atoms. The minimum absolute atomic E-state index is 0.214. The average Bonchev–Trinajstić information content (AvgIpc) is 2.76. The zero-order chi connectivity index (χ0) is 21.7. The van der Waals surface area contributed by atoms with Gasteiger partial charge in [-0.2, -0.15) is 4.31 Å². The molecule has 8 heteroatoms. The fourth-order valence-corrected chi connectivity index (χ4v) is 5.50. The molecule has 0 atom stereocenters. The standard InChI is InChI=1S/C22H30N4O3S/c1-4-26(5-2)30(28,29)20-16-18(12-11-17(20)3)24-22(27)19-10-9-13-23-21(19)25-14-7-6-8-15-25/h9-13,16H,4-8,14-15H2,1-3H3,(H,24,27). The molecule has 1 aromatic carbocycles. The Kier molecular flexibility index (Phi) is 7.10. The molecule has 0 saturated carbocycles. The zero-order valence-electron chi connectivity index (χ0n) is 17.9. The Labute approximate surface area is 179 Å². The third-order valence-corrected chi connectivity index (χ3v) is 7.65. The monoisotopic (exact) mass is 430 g/mol. The van der Waals surface area contributed by atoms with Gasteiger partial charge in [0.1, 0.15) is 5.82 Å². The Bertz CT molecular complexity index is 997. The topological polar surface area (TPSA) is 82.6 Å². The van der Waals surface area contributed by atoms with E-state index in [4.69, 9.17) is 0 Å². The van der Waals surface area contributed by atoms with Gasteiger partial charge in [0.15, 0.2) is 0 Å². The Morgan fingerprint density at radius 3 is 2.50 bits per heavy atom. The van der Waals surface area contributed by atoms with Gasteiger partial charge in [-0.15, -0.1) is 0 Å². The van der Waals surface area contributed by atoms with Crippen molar-refractivity contribution < 1.29 is 13.2 Å². The normalized spacial score (nSPS) is 14.7. The predicted molar refractivity (Wildman–Crippen MR) is 120 cm³/mol. The third-order valence-electron chi connectivity index (χ3n) is 5.46. The van der Waals surface area contributed by atoms with Crippen LogP contribution in [0.4, 0.5) is 11.5 Å². The molecule has 3 rings (SSSR count). The predicted octanol–water partition coefficient (Wildman–Crippen LogP) is 3.66. The first-order chi connectivity index (χ1) is 14.4. The molecule has 1 aliphatic rings. The number of nitrogens with one attached hydrogen (secondary N) is 1. The van der Waals surface area contributed by atoms with E-state index in [2.05, 4.69) is 15.2 Å². The van der Waals surface area contributed by atoms with Gasteiger partial charge < -0.3 is 10.2 Å². The van der Waals surface area contributed by atoms with E-state index >= 15 is 0 Å². The molecule has 1 saturated heterocycles. The number of nitrogens with zero attached hydrogens (tertiary/aromatic N) is 3. The summed E-state index contributed by atoms with van der Waals surface area (Å²) in [6.07, 6.45) is 5.06. The molecule has 162 valence electrons. The van der Waals surface area contributed by atoms with Gasteiger partial charge in [0.2, 0.25) is 10.0 Å². The van der Waals surface area contributed by atoms with Crippen LogP contribution in [0.3, 0.4) is 0 Å². The average molecular weight is 431 g/mol. The first-order valence-corrected chi connectivity index (χ1v) is 11.9. The summed E-state index contributed by atoms with van der Waals surface area (Å²) in [6.45, 7) is 7.94. The molecule has 30 heavy (non-hydrogen) atoms. The van der Waals surface area contributed by atoms with Crippen LogP contribution in [0, 0.1) is 6.92 Å². The first-order valence-electron chi connectivity index (χ1n) is 10.5. The van der Waals surface area contributed by atoms with Crippen LogP contribution >= 0.6 is 0 Å². The first kappa shape index (κ1) is 22.2. The maximum atomic E-state index is 13.0. The van der Waals surface area contributed by atoms with Crippen molar-refractivity contribution >= 4 is 27.4 Å². The van der Waals surface area contributed by atoms with Crippen molar-refractivity contribution in [1.82, 2.24) is 9.29 Å². The number of hydrogen-bond donors (Lipinski definition) is 1. The van der Waals surface area contributed by atoms with Gasteiger partial charge in [0.25, 0.3) is 5.91 Å². The molecule has 1 fully saturated rings. The second-order valence-electron chi connectivity index (χ2n) is 7.45. The largest absolute Gasteiger partial charge is 0.356 e. The summed E-state index contributed by atoms with van der Waals surface area (Å²) in [4.78, 5) is 19.8. The molecule has 2 aromatic rings. The molecule has 1 aromatic heterocycles. The summed E-state index contributed by atoms with van der Waals surface area (Å²) in [5.41, 5.74) is 1.59. The summed E-state index contributed by atoms with van der Waals surface area (Å²) >= 11 is 0. The molecule has 1 aliphatic heterocycles. The fourth-order valence-electron chi connectivity index (χ4n) is 3.79. The summed E-state index contributed by atoms with van der Waals surface area (Å²) in [7, 11) is -3.62. The minimum atomic E-state index is -3.62. The van der Waals surface area contributed by atoms with Crippen molar-refractivity contribution in [3.8, 4) is 0 Å². The number of anilines is 2. The van der Waals surface area contributed by atoms with Crippen LogP contribution in [0.1, 0.15) is 49.0 Å². The highest BCUT2D eigenvalue weighted by molar-refractivity contribution is 7.89. The number of rotatable bonds is 7. The molecule has 1 N–H and O–H groups in total. The number of hydrogen-bond acceptors (Lipinski definition) is 5. The van der Waals surface area contributed by atoms with Gasteiger partial charge in [0, 0.05) is 38.1 Å². The van der Waals surface area contributed by atoms with Crippen molar-refractivity contribution in [3.63, 3.8) is 0 Å². The number of piperidine rings is 1. The Hall–Kier alpha value is -2.45. The van der Waals surface area contributed by atoms with Crippen LogP contribution in [0.2, 0.25) is 0 Å². The van der Waals surface area contributed by atoms with Gasteiger partial charge in [-0.3, -0.25) is 4.79 Å². The van der Waals surface area contributed by atoms with Crippen LogP contribution in [0.5, 0.6) is 0 Å². The molecule has 7 nitrogen and oxygen atoms in total. The number of amides is 1. The van der Waals surface area contributed by atoms with Crippen molar-refractivity contribution in [2.75, 3.05) is 36.4 Å². The van der Waals surface area contributed by atoms with Crippen molar-refractivity contribution in [1.29, 1.82) is 0 Å². The summed E-state index contributed by atoms with van der Waals surface area (Å²) < 4.78 is 27.4. The third kappa shape index (κ3) is 4.65. The van der Waals surface area contributed by atoms with E-state index in [0.29, 0.717) is 35.7 Å². The van der Waals surface area contributed by atoms with Gasteiger partial charge in [-0.25, -0.2) is 13.4 Å². The van der Waals surface area contributed by atoms with Gasteiger partial charge in [-0.1, -0.05) is 19.9 Å². The van der Waals surface area contributed by atoms with Crippen LogP contribution in [-0.4, -0.2) is 49.8 Å². The van der Waals surface area contributed by atoms with Crippen LogP contribution in [-0.2, 0) is 10.0 Å². The second kappa shape index (κ2) is 9.57. The van der Waals surface area contributed by atoms with E-state index in [1.165, 1.54) is 16.8 Å². The van der Waals surface area contributed by atoms with E-state index in [1.807, 2.05) is 13.8 Å². The fraction of sp³-hybridized carbons (Fsp3) is 0.455. The maximum Gasteiger partial charge on any atom is 0.259 e. The van der Waals surface area contributed by atoms with Gasteiger partial charge in [-0.05, 0) is 56.0 Å². The molecular formula is C22H30N4O3S. The van der Waals surface area contributed by atoms with E-state index in [1.54, 1.807) is 37.4 Å². The smallest absolute Gasteiger partial charge is 0.259 e. The van der Waals surface area contributed by atoms with E-state index in [0.717, 1.165) is 25.9 Å². The Morgan fingerprint density at radius 1 is 1.13 bits per heavy atom. The van der Waals surface area contributed by atoms with Crippen LogP contribution in [0.15, 0.2) is 41.4 Å². The highest BCUT2D eigenvalue weighted by Crippen LogP contribution is 2.26. The lowest BCUT2D eigenvalue weighted by Crippen LogP contribution is -2.32. The highest BCUT2D eigenvalue weighted by Gasteiger charge is 2.25. The SMILES string of the molecule is CCN(CC)S(=O)(=O)c1cc(NC(=O)c2cccnc2N2CCCCC2)ccc1C. The Balaban J connectivity index is 1.88. The molecule has 0 spiro atoms. The van der Waals surface area contributed by atoms with Crippen molar-refractivity contribution in [3.05, 3.63) is 47.7 Å². The number of pyridine rings is 1. The van der Waals surface area contributed by atoms with E-state index in [9.17, 15) is 13.2 Å². The van der Waals surface area contributed by atoms with Crippen molar-refractivity contribution in [2.24, 2.45) is 0 Å². The second-order valence-corrected chi connectivity index (χ2v) is 9.35. The van der Waals surface area contributed by atoms with E-state index < -0.39 is 10.0 Å². The number of aryl methyl sites for hydroxylation is 1. The quantitative estimate of drug-likeness (QED) is 0.725. The zero-order valence-corrected chi connectivity index (χ0v) is 18.7. The number of aromatic nitrogens is 1. The Morgan fingerprint density at radius 2 is 1.83 bits per heavy atom. The maximum absolute atomic E-state index is 13.0. The molecule has 0 radical (unpaired) electrons. The highest BCUT2D eigenvalue weighted by atomic mass is 32.2. The summed E-state index contributed by atoms with van der Waals surface area (Å²) in [5, 5.41) is 2.86. The van der Waals surface area contributed by atoms with Crippen LogP contribution in [0.25, 0.3) is 0 Å². The molecular weight excluding hydrogens is 400 g/mol.